The number of hydrogen-bond donors (Lipinski definition) is 1. The fraction of sp³-hybridized carbons (Fsp3) is 0.538. The van der Waals surface area contributed by atoms with Gasteiger partial charge < -0.3 is 9.84 Å². The van der Waals surface area contributed by atoms with Gasteiger partial charge in [-0.05, 0) is 37.1 Å². The van der Waals surface area contributed by atoms with Gasteiger partial charge in [0.05, 0.1) is 0 Å². The summed E-state index contributed by atoms with van der Waals surface area (Å²) < 4.78 is 39.3. The van der Waals surface area contributed by atoms with E-state index < -0.39 is 10.1 Å². The van der Waals surface area contributed by atoms with Crippen molar-refractivity contribution in [2.24, 2.45) is 0 Å². The fourth-order valence-electron chi connectivity index (χ4n) is 3.91. The van der Waals surface area contributed by atoms with Crippen molar-refractivity contribution in [2.75, 3.05) is 0 Å². The van der Waals surface area contributed by atoms with Crippen molar-refractivity contribution in [1.82, 2.24) is 0 Å². The number of hydrogen-bond acceptors (Lipinski definition) is 4. The molecular weight excluding hydrogens is 447 g/mol. The monoisotopic (exact) mass is 484 g/mol. The van der Waals surface area contributed by atoms with Crippen molar-refractivity contribution in [2.45, 2.75) is 95.3 Å². The molecule has 2 aromatic rings. The zero-order valence-corrected chi connectivity index (χ0v) is 23.0. The van der Waals surface area contributed by atoms with Crippen LogP contribution in [-0.4, -0.2) is 13.0 Å². The Bertz CT molecular complexity index is 897. The van der Waals surface area contributed by atoms with Crippen molar-refractivity contribution in [3.05, 3.63) is 48.0 Å². The van der Waals surface area contributed by atoms with Crippen LogP contribution in [0.1, 0.15) is 89.5 Å². The molecule has 1 N–H and O–H groups in total. The molecule has 7 heteroatoms. The molecule has 0 radical (unpaired) electrons. The third-order valence-electron chi connectivity index (χ3n) is 5.70. The van der Waals surface area contributed by atoms with Gasteiger partial charge in [-0.25, -0.2) is 0 Å². The zero-order chi connectivity index (χ0) is 23.2. The summed E-state index contributed by atoms with van der Waals surface area (Å²) in [6.45, 7) is 2.24. The molecule has 0 spiro atoms. The summed E-state index contributed by atoms with van der Waals surface area (Å²) in [6.07, 6.45) is 15.2. The Morgan fingerprint density at radius 2 is 1.30 bits per heavy atom. The molecule has 0 aromatic heterocycles. The molecule has 0 saturated heterocycles. The molecule has 0 amide bonds. The van der Waals surface area contributed by atoms with E-state index in [1.807, 2.05) is 0 Å². The van der Waals surface area contributed by atoms with Crippen LogP contribution in [0.25, 0.3) is 0 Å². The molecule has 0 heterocycles. The van der Waals surface area contributed by atoms with Gasteiger partial charge in [0, 0.05) is 5.56 Å². The summed E-state index contributed by atoms with van der Waals surface area (Å²) in [5, 5.41) is 11.3. The Morgan fingerprint density at radius 1 is 0.788 bits per heavy atom. The largest absolute Gasteiger partial charge is 1.00 e. The summed E-state index contributed by atoms with van der Waals surface area (Å²) >= 11 is 0. The quantitative estimate of drug-likeness (QED) is 0.221. The van der Waals surface area contributed by atoms with E-state index in [0.29, 0.717) is 23.5 Å². The van der Waals surface area contributed by atoms with E-state index in [0.717, 1.165) is 19.3 Å². The Labute approximate surface area is 222 Å². The van der Waals surface area contributed by atoms with Gasteiger partial charge in [0.25, 0.3) is 10.1 Å². The predicted octanol–water partition coefficient (Wildman–Crippen LogP) is 4.05. The average Bonchev–Trinajstić information content (AvgIpc) is 2.76. The molecule has 0 fully saturated rings. The van der Waals surface area contributed by atoms with E-state index in [1.165, 1.54) is 76.0 Å². The van der Waals surface area contributed by atoms with Crippen LogP contribution in [0.2, 0.25) is 0 Å². The van der Waals surface area contributed by atoms with E-state index >= 15 is 0 Å². The second-order valence-electron chi connectivity index (χ2n) is 8.42. The second-order valence-corrected chi connectivity index (χ2v) is 9.81. The minimum atomic E-state index is -4.35. The first-order valence-corrected chi connectivity index (χ1v) is 13.4. The minimum Gasteiger partial charge on any atom is -0.872 e. The van der Waals surface area contributed by atoms with E-state index in [2.05, 4.69) is 6.92 Å². The van der Waals surface area contributed by atoms with Gasteiger partial charge in [0.1, 0.15) is 16.4 Å². The number of unbranched alkanes of at least 4 members (excludes halogenated alkanes) is 11. The van der Waals surface area contributed by atoms with Crippen molar-refractivity contribution in [3.63, 3.8) is 0 Å². The van der Waals surface area contributed by atoms with Crippen LogP contribution in [0, 0.1) is 0 Å². The number of benzene rings is 2. The smallest absolute Gasteiger partial charge is 0.872 e. The Kier molecular flexibility index (Phi) is 15.0. The van der Waals surface area contributed by atoms with E-state index in [4.69, 9.17) is 4.74 Å². The summed E-state index contributed by atoms with van der Waals surface area (Å²) in [5.41, 5.74) is 0.480. The SMILES string of the molecule is CCCCCCCCCCCCCCc1c(Oc2ccc([O-])cc2)cccc1S(=O)(=O)O.[Na+]. The summed E-state index contributed by atoms with van der Waals surface area (Å²) in [6, 6.07) is 10.5. The van der Waals surface area contributed by atoms with Gasteiger partial charge in [-0.1, -0.05) is 95.8 Å². The first kappa shape index (κ1) is 30.0. The van der Waals surface area contributed by atoms with E-state index in [1.54, 1.807) is 24.3 Å². The predicted molar refractivity (Wildman–Crippen MR) is 127 cm³/mol. The molecule has 2 aromatic carbocycles. The normalized spacial score (nSPS) is 11.2. The molecule has 33 heavy (non-hydrogen) atoms. The van der Waals surface area contributed by atoms with Gasteiger partial charge in [-0.2, -0.15) is 8.42 Å². The van der Waals surface area contributed by atoms with Gasteiger partial charge in [0.2, 0.25) is 0 Å². The van der Waals surface area contributed by atoms with Crippen molar-refractivity contribution < 1.29 is 52.4 Å². The Morgan fingerprint density at radius 3 is 1.82 bits per heavy atom. The van der Waals surface area contributed by atoms with Crippen LogP contribution < -0.4 is 39.4 Å². The Hall–Kier alpha value is -1.05. The number of rotatable bonds is 16. The average molecular weight is 485 g/mol. The van der Waals surface area contributed by atoms with E-state index in [-0.39, 0.29) is 40.2 Å². The molecule has 0 saturated carbocycles. The fourth-order valence-corrected chi connectivity index (χ4v) is 4.67. The summed E-state index contributed by atoms with van der Waals surface area (Å²) in [4.78, 5) is -0.112. The van der Waals surface area contributed by atoms with Gasteiger partial charge in [0.15, 0.2) is 0 Å². The summed E-state index contributed by atoms with van der Waals surface area (Å²) in [5.74, 6) is 0.718. The van der Waals surface area contributed by atoms with Gasteiger partial charge in [-0.3, -0.25) is 4.55 Å². The zero-order valence-electron chi connectivity index (χ0n) is 20.2. The van der Waals surface area contributed by atoms with Crippen LogP contribution >= 0.6 is 0 Å². The molecule has 0 aliphatic heterocycles. The van der Waals surface area contributed by atoms with Crippen molar-refractivity contribution in [1.29, 1.82) is 0 Å². The van der Waals surface area contributed by atoms with Crippen LogP contribution in [0.5, 0.6) is 17.2 Å². The van der Waals surface area contributed by atoms with E-state index in [9.17, 15) is 18.1 Å². The molecule has 5 nitrogen and oxygen atoms in total. The first-order chi connectivity index (χ1) is 15.4. The third-order valence-corrected chi connectivity index (χ3v) is 6.64. The molecule has 0 bridgehead atoms. The first-order valence-electron chi connectivity index (χ1n) is 12.0. The minimum absolute atomic E-state index is 0. The Balaban J connectivity index is 0.00000544. The maximum atomic E-state index is 11.9. The molecule has 2 rings (SSSR count). The van der Waals surface area contributed by atoms with Crippen LogP contribution in [-0.2, 0) is 16.5 Å². The summed E-state index contributed by atoms with van der Waals surface area (Å²) in [7, 11) is -4.35. The van der Waals surface area contributed by atoms with Crippen LogP contribution in [0.3, 0.4) is 0 Å². The molecular formula is C26H37NaO5S. The maximum Gasteiger partial charge on any atom is 1.00 e. The molecule has 0 atom stereocenters. The van der Waals surface area contributed by atoms with Crippen LogP contribution in [0.4, 0.5) is 0 Å². The van der Waals surface area contributed by atoms with Crippen molar-refractivity contribution in [3.8, 4) is 17.2 Å². The molecule has 0 aliphatic carbocycles. The molecule has 178 valence electrons. The maximum absolute atomic E-state index is 11.9. The molecule has 0 unspecified atom stereocenters. The standard InChI is InChI=1S/C26H38O5S.Na/c1-2-3-4-5-6-7-8-9-10-11-12-13-15-24-25(16-14-17-26(24)32(28,29)30)31-23-20-18-22(27)19-21-23;/h14,16-21,27H,2-13,15H2,1H3,(H,28,29,30);/q;+1/p-1. The third kappa shape index (κ3) is 11.8. The molecule has 0 aliphatic rings. The van der Waals surface area contributed by atoms with Gasteiger partial charge >= 0.3 is 29.6 Å². The van der Waals surface area contributed by atoms with Gasteiger partial charge in [-0.15, -0.1) is 5.75 Å². The van der Waals surface area contributed by atoms with Crippen LogP contribution in [0.15, 0.2) is 47.4 Å². The van der Waals surface area contributed by atoms with Crippen molar-refractivity contribution >= 4 is 10.1 Å². The topological polar surface area (TPSA) is 86.7 Å². The number of ether oxygens (including phenoxy) is 1. The second kappa shape index (κ2) is 16.6.